The minimum Gasteiger partial charge on any atom is -0.466 e. The smallest absolute Gasteiger partial charge is 0.307 e. The molecule has 0 aliphatic heterocycles. The number of ether oxygens (including phenoxy) is 1. The number of halogens is 2. The lowest BCUT2D eigenvalue weighted by atomic mass is 10.1. The normalized spacial score (nSPS) is 10.6. The molecule has 1 heterocycles. The Morgan fingerprint density at radius 1 is 1.56 bits per heavy atom. The highest BCUT2D eigenvalue weighted by Gasteiger charge is 2.11. The van der Waals surface area contributed by atoms with E-state index in [4.69, 9.17) is 10.5 Å². The molecule has 2 N–H and O–H groups in total. The summed E-state index contributed by atoms with van der Waals surface area (Å²) >= 11 is 0. The molecule has 6 heteroatoms. The van der Waals surface area contributed by atoms with Crippen LogP contribution in [0, 0.1) is 0 Å². The number of hydrogen-bond acceptors (Lipinski definition) is 4. The van der Waals surface area contributed by atoms with Crippen molar-refractivity contribution in [3.63, 3.8) is 0 Å². The molecule has 0 aromatic carbocycles. The number of carbonyl (C=O) groups excluding carboxylic acids is 1. The van der Waals surface area contributed by atoms with Crippen LogP contribution in [0.4, 0.5) is 0 Å². The number of esters is 1. The van der Waals surface area contributed by atoms with Gasteiger partial charge >= 0.3 is 5.97 Å². The van der Waals surface area contributed by atoms with Gasteiger partial charge in [-0.3, -0.25) is 9.78 Å². The van der Waals surface area contributed by atoms with Gasteiger partial charge in [0.2, 0.25) is 0 Å². The lowest BCUT2D eigenvalue weighted by Gasteiger charge is -2.09. The zero-order chi connectivity index (χ0) is 10.4. The first kappa shape index (κ1) is 17.6. The highest BCUT2D eigenvalue weighted by Crippen LogP contribution is 2.12. The molecule has 0 aliphatic rings. The van der Waals surface area contributed by atoms with Crippen molar-refractivity contribution in [2.45, 2.75) is 19.4 Å². The minimum absolute atomic E-state index is 0. The van der Waals surface area contributed by atoms with Crippen molar-refractivity contribution < 1.29 is 9.53 Å². The second-order valence-electron chi connectivity index (χ2n) is 2.90. The monoisotopic (exact) mass is 266 g/mol. The molecule has 0 spiro atoms. The van der Waals surface area contributed by atoms with Crippen molar-refractivity contribution >= 4 is 30.8 Å². The number of rotatable bonds is 4. The second-order valence-corrected chi connectivity index (χ2v) is 2.90. The summed E-state index contributed by atoms with van der Waals surface area (Å²) in [5, 5.41) is 0. The van der Waals surface area contributed by atoms with Gasteiger partial charge in [-0.25, -0.2) is 0 Å². The molecule has 0 radical (unpaired) electrons. The molecule has 1 rings (SSSR count). The van der Waals surface area contributed by atoms with Gasteiger partial charge in [0.1, 0.15) is 0 Å². The number of pyridine rings is 1. The maximum atomic E-state index is 11.1. The Morgan fingerprint density at radius 2 is 2.25 bits per heavy atom. The average molecular weight is 267 g/mol. The van der Waals surface area contributed by atoms with E-state index in [0.717, 1.165) is 5.56 Å². The van der Waals surface area contributed by atoms with Crippen molar-refractivity contribution in [1.29, 1.82) is 0 Å². The van der Waals surface area contributed by atoms with E-state index in [-0.39, 0.29) is 43.2 Å². The molecule has 0 saturated heterocycles. The summed E-state index contributed by atoms with van der Waals surface area (Å²) in [4.78, 5) is 15.0. The molecule has 0 fully saturated rings. The molecular weight excluding hydrogens is 251 g/mol. The lowest BCUT2D eigenvalue weighted by Crippen LogP contribution is -2.17. The number of carbonyl (C=O) groups is 1. The third kappa shape index (κ3) is 5.90. The number of aromatic nitrogens is 1. The van der Waals surface area contributed by atoms with Crippen LogP contribution >= 0.6 is 24.8 Å². The molecule has 1 unspecified atom stereocenters. The quantitative estimate of drug-likeness (QED) is 0.846. The van der Waals surface area contributed by atoms with Crippen LogP contribution in [0.1, 0.15) is 24.9 Å². The molecule has 0 saturated carbocycles. The first-order valence-corrected chi connectivity index (χ1v) is 4.55. The van der Waals surface area contributed by atoms with Crippen molar-refractivity contribution in [1.82, 2.24) is 4.98 Å². The molecule has 4 nitrogen and oxygen atoms in total. The van der Waals surface area contributed by atoms with E-state index in [2.05, 4.69) is 4.98 Å². The van der Waals surface area contributed by atoms with Crippen LogP contribution in [-0.2, 0) is 9.53 Å². The highest BCUT2D eigenvalue weighted by atomic mass is 35.5. The Hall–Kier alpha value is -0.840. The van der Waals surface area contributed by atoms with Gasteiger partial charge in [-0.2, -0.15) is 0 Å². The molecule has 1 aromatic heterocycles. The summed E-state index contributed by atoms with van der Waals surface area (Å²) < 4.78 is 4.79. The van der Waals surface area contributed by atoms with Gasteiger partial charge in [0.15, 0.2) is 0 Å². The van der Waals surface area contributed by atoms with Gasteiger partial charge in [0.25, 0.3) is 0 Å². The molecule has 16 heavy (non-hydrogen) atoms. The summed E-state index contributed by atoms with van der Waals surface area (Å²) in [6.07, 6.45) is 3.52. The van der Waals surface area contributed by atoms with Crippen LogP contribution in [0.2, 0.25) is 0 Å². The Bertz CT molecular complexity index is 296. The zero-order valence-electron chi connectivity index (χ0n) is 8.96. The summed E-state index contributed by atoms with van der Waals surface area (Å²) in [6, 6.07) is 3.31. The highest BCUT2D eigenvalue weighted by molar-refractivity contribution is 5.85. The Balaban J connectivity index is 0. The minimum atomic E-state index is -0.331. The van der Waals surface area contributed by atoms with Crippen LogP contribution in [0.5, 0.6) is 0 Å². The number of hydrogen-bond donors (Lipinski definition) is 1. The maximum absolute atomic E-state index is 11.1. The van der Waals surface area contributed by atoms with Crippen molar-refractivity contribution in [3.05, 3.63) is 30.1 Å². The average Bonchev–Trinajstić information content (AvgIpc) is 2.19. The zero-order valence-corrected chi connectivity index (χ0v) is 10.6. The van der Waals surface area contributed by atoms with Crippen LogP contribution < -0.4 is 5.73 Å². The topological polar surface area (TPSA) is 65.2 Å². The molecule has 0 amide bonds. The van der Waals surface area contributed by atoms with Gasteiger partial charge < -0.3 is 10.5 Å². The number of nitrogens with zero attached hydrogens (tertiary/aromatic N) is 1. The fourth-order valence-electron chi connectivity index (χ4n) is 1.11. The van der Waals surface area contributed by atoms with E-state index in [1.165, 1.54) is 0 Å². The molecule has 1 atom stereocenters. The van der Waals surface area contributed by atoms with E-state index in [9.17, 15) is 4.79 Å². The Kier molecular flexibility index (Phi) is 10.3. The fraction of sp³-hybridized carbons (Fsp3) is 0.400. The SMILES string of the molecule is CCOC(=O)CC(N)c1cccnc1.Cl.Cl. The maximum Gasteiger partial charge on any atom is 0.307 e. The predicted molar refractivity (Wildman–Crippen MR) is 66.9 cm³/mol. The van der Waals surface area contributed by atoms with E-state index in [0.29, 0.717) is 6.61 Å². The van der Waals surface area contributed by atoms with Crippen molar-refractivity contribution in [2.75, 3.05) is 6.61 Å². The number of nitrogens with two attached hydrogens (primary N) is 1. The van der Waals surface area contributed by atoms with E-state index in [1.54, 1.807) is 25.4 Å². The van der Waals surface area contributed by atoms with Gasteiger partial charge in [0, 0.05) is 18.4 Å². The summed E-state index contributed by atoms with van der Waals surface area (Å²) in [5.41, 5.74) is 6.63. The lowest BCUT2D eigenvalue weighted by molar-refractivity contribution is -0.143. The van der Waals surface area contributed by atoms with Crippen molar-refractivity contribution in [2.24, 2.45) is 5.73 Å². The fourth-order valence-corrected chi connectivity index (χ4v) is 1.11. The van der Waals surface area contributed by atoms with E-state index >= 15 is 0 Å². The van der Waals surface area contributed by atoms with Gasteiger partial charge in [-0.15, -0.1) is 24.8 Å². The molecular formula is C10H16Cl2N2O2. The predicted octanol–water partition coefficient (Wildman–Crippen LogP) is 1.88. The van der Waals surface area contributed by atoms with Crippen molar-refractivity contribution in [3.8, 4) is 0 Å². The summed E-state index contributed by atoms with van der Waals surface area (Å²) in [6.45, 7) is 2.16. The molecule has 0 bridgehead atoms. The van der Waals surface area contributed by atoms with Crippen LogP contribution in [0.15, 0.2) is 24.5 Å². The van der Waals surface area contributed by atoms with Gasteiger partial charge in [-0.05, 0) is 18.6 Å². The van der Waals surface area contributed by atoms with Crippen LogP contribution in [-0.4, -0.2) is 17.6 Å². The standard InChI is InChI=1S/C10H14N2O2.2ClH/c1-2-14-10(13)6-9(11)8-4-3-5-12-7-8;;/h3-5,7,9H,2,6,11H2,1H3;2*1H. The van der Waals surface area contributed by atoms with E-state index in [1.807, 2.05) is 6.07 Å². The first-order valence-electron chi connectivity index (χ1n) is 4.55. The molecule has 1 aromatic rings. The Labute approximate surface area is 107 Å². The Morgan fingerprint density at radius 3 is 2.75 bits per heavy atom. The summed E-state index contributed by atoms with van der Waals surface area (Å²) in [7, 11) is 0. The second kappa shape index (κ2) is 9.39. The van der Waals surface area contributed by atoms with Gasteiger partial charge in [-0.1, -0.05) is 6.07 Å². The first-order chi connectivity index (χ1) is 6.74. The molecule has 92 valence electrons. The molecule has 0 aliphatic carbocycles. The third-order valence-electron chi connectivity index (χ3n) is 1.80. The largest absolute Gasteiger partial charge is 0.466 e. The van der Waals surface area contributed by atoms with Gasteiger partial charge in [0.05, 0.1) is 13.0 Å². The van der Waals surface area contributed by atoms with Crippen LogP contribution in [0.3, 0.4) is 0 Å². The third-order valence-corrected chi connectivity index (χ3v) is 1.80. The van der Waals surface area contributed by atoms with Crippen LogP contribution in [0.25, 0.3) is 0 Å². The van der Waals surface area contributed by atoms with E-state index < -0.39 is 0 Å². The summed E-state index contributed by atoms with van der Waals surface area (Å²) in [5.74, 6) is -0.274.